The molecule has 19 heavy (non-hydrogen) atoms. The zero-order valence-electron chi connectivity index (χ0n) is 9.84. The molecule has 0 bridgehead atoms. The number of hydrogen-bond donors (Lipinski definition) is 1. The summed E-state index contributed by atoms with van der Waals surface area (Å²) in [5, 5.41) is 9.86. The predicted octanol–water partition coefficient (Wildman–Crippen LogP) is 3.59. The predicted molar refractivity (Wildman–Crippen MR) is 72.3 cm³/mol. The van der Waals surface area contributed by atoms with Crippen LogP contribution in [-0.2, 0) is 6.54 Å². The lowest BCUT2D eigenvalue weighted by atomic mass is 10.2. The van der Waals surface area contributed by atoms with Gasteiger partial charge >= 0.3 is 5.97 Å². The molecule has 96 valence electrons. The van der Waals surface area contributed by atoms with Crippen LogP contribution in [0.5, 0.6) is 0 Å². The molecule has 0 spiro atoms. The highest BCUT2D eigenvalue weighted by atomic mass is 32.1. The van der Waals surface area contributed by atoms with Crippen molar-refractivity contribution < 1.29 is 14.3 Å². The maximum absolute atomic E-state index is 13.3. The molecule has 3 nitrogen and oxygen atoms in total. The number of benzene rings is 1. The highest BCUT2D eigenvalue weighted by Gasteiger charge is 2.08. The summed E-state index contributed by atoms with van der Waals surface area (Å²) in [7, 11) is 0. The summed E-state index contributed by atoms with van der Waals surface area (Å²) in [6.45, 7) is 0.547. The van der Waals surface area contributed by atoms with E-state index in [1.165, 1.54) is 23.5 Å². The third-order valence-electron chi connectivity index (χ3n) is 2.93. The van der Waals surface area contributed by atoms with Crippen LogP contribution < -0.4 is 0 Å². The molecule has 0 saturated heterocycles. The van der Waals surface area contributed by atoms with E-state index >= 15 is 0 Å². The van der Waals surface area contributed by atoms with E-state index in [4.69, 9.17) is 5.11 Å². The number of carboxylic acid groups (broad SMARTS) is 1. The Kier molecular flexibility index (Phi) is 2.83. The molecular formula is C14H10FNO2S. The molecular weight excluding hydrogens is 265 g/mol. The molecule has 0 aliphatic carbocycles. The third-order valence-corrected chi connectivity index (χ3v) is 3.99. The molecule has 0 atom stereocenters. The highest BCUT2D eigenvalue weighted by molar-refractivity contribution is 7.13. The van der Waals surface area contributed by atoms with Gasteiger partial charge < -0.3 is 9.67 Å². The standard InChI is InChI=1S/C14H10FNO2S/c15-10-2-1-9-5-6-16(12(9)7-10)8-11-3-4-13(19-11)14(17)18/h1-7H,8H2,(H,17,18). The number of rotatable bonds is 3. The SMILES string of the molecule is O=C(O)c1ccc(Cn2ccc3ccc(F)cc32)s1. The molecule has 0 aliphatic rings. The second kappa shape index (κ2) is 4.51. The number of halogens is 1. The van der Waals surface area contributed by atoms with E-state index < -0.39 is 5.97 Å². The Hall–Kier alpha value is -2.14. The minimum absolute atomic E-state index is 0.273. The first-order valence-electron chi connectivity index (χ1n) is 5.70. The number of carboxylic acids is 1. The summed E-state index contributed by atoms with van der Waals surface area (Å²) in [6.07, 6.45) is 1.88. The fourth-order valence-corrected chi connectivity index (χ4v) is 2.89. The number of thiophene rings is 1. The summed E-state index contributed by atoms with van der Waals surface area (Å²) in [4.78, 5) is 12.1. The first-order valence-corrected chi connectivity index (χ1v) is 6.51. The number of carbonyl (C=O) groups is 1. The average molecular weight is 275 g/mol. The van der Waals surface area contributed by atoms with Gasteiger partial charge in [0.25, 0.3) is 0 Å². The molecule has 2 aromatic heterocycles. The first kappa shape index (κ1) is 11.9. The first-order chi connectivity index (χ1) is 9.13. The van der Waals surface area contributed by atoms with Crippen LogP contribution in [0, 0.1) is 5.82 Å². The number of aromatic carboxylic acids is 1. The minimum Gasteiger partial charge on any atom is -0.477 e. The lowest BCUT2D eigenvalue weighted by molar-refractivity contribution is 0.0702. The van der Waals surface area contributed by atoms with Crippen LogP contribution in [0.2, 0.25) is 0 Å². The zero-order valence-corrected chi connectivity index (χ0v) is 10.7. The van der Waals surface area contributed by atoms with Gasteiger partial charge in [0.15, 0.2) is 0 Å². The quantitative estimate of drug-likeness (QED) is 0.793. The lowest BCUT2D eigenvalue weighted by Gasteiger charge is -2.03. The Balaban J connectivity index is 1.96. The Morgan fingerprint density at radius 2 is 2.11 bits per heavy atom. The molecule has 1 aromatic carbocycles. The van der Waals surface area contributed by atoms with Gasteiger partial charge in [0.1, 0.15) is 10.7 Å². The van der Waals surface area contributed by atoms with Gasteiger partial charge in [-0.2, -0.15) is 0 Å². The molecule has 1 N–H and O–H groups in total. The van der Waals surface area contributed by atoms with Gasteiger partial charge in [-0.1, -0.05) is 0 Å². The summed E-state index contributed by atoms with van der Waals surface area (Å²) < 4.78 is 15.2. The summed E-state index contributed by atoms with van der Waals surface area (Å²) >= 11 is 1.24. The van der Waals surface area contributed by atoms with E-state index in [9.17, 15) is 9.18 Å². The Bertz CT molecular complexity index is 760. The van der Waals surface area contributed by atoms with E-state index in [1.54, 1.807) is 18.2 Å². The van der Waals surface area contributed by atoms with Gasteiger partial charge in [0, 0.05) is 11.1 Å². The van der Waals surface area contributed by atoms with Crippen molar-refractivity contribution in [1.29, 1.82) is 0 Å². The summed E-state index contributed by atoms with van der Waals surface area (Å²) in [6, 6.07) is 9.95. The molecule has 0 saturated carbocycles. The molecule has 3 aromatic rings. The van der Waals surface area contributed by atoms with Crippen LogP contribution in [-0.4, -0.2) is 15.6 Å². The minimum atomic E-state index is -0.917. The van der Waals surface area contributed by atoms with Crippen molar-refractivity contribution in [3.63, 3.8) is 0 Å². The van der Waals surface area contributed by atoms with Crippen LogP contribution in [0.3, 0.4) is 0 Å². The van der Waals surface area contributed by atoms with Crippen LogP contribution in [0.1, 0.15) is 14.5 Å². The fraction of sp³-hybridized carbons (Fsp3) is 0.0714. The van der Waals surface area contributed by atoms with E-state index in [-0.39, 0.29) is 5.82 Å². The van der Waals surface area contributed by atoms with Crippen molar-refractivity contribution in [3.8, 4) is 0 Å². The normalized spacial score (nSPS) is 11.0. The van der Waals surface area contributed by atoms with Gasteiger partial charge in [-0.15, -0.1) is 11.3 Å². The average Bonchev–Trinajstić information content (AvgIpc) is 2.98. The maximum Gasteiger partial charge on any atom is 0.345 e. The van der Waals surface area contributed by atoms with Crippen LogP contribution in [0.15, 0.2) is 42.6 Å². The molecule has 3 rings (SSSR count). The molecule has 2 heterocycles. The number of fused-ring (bicyclic) bond motifs is 1. The Morgan fingerprint density at radius 1 is 1.26 bits per heavy atom. The number of hydrogen-bond acceptors (Lipinski definition) is 2. The number of aromatic nitrogens is 1. The van der Waals surface area contributed by atoms with Crippen molar-refractivity contribution in [2.24, 2.45) is 0 Å². The third kappa shape index (κ3) is 2.24. The van der Waals surface area contributed by atoms with Crippen molar-refractivity contribution in [2.45, 2.75) is 6.54 Å². The highest BCUT2D eigenvalue weighted by Crippen LogP contribution is 2.22. The molecule has 0 amide bonds. The Labute approximate surface area is 112 Å². The molecule has 0 unspecified atom stereocenters. The zero-order chi connectivity index (χ0) is 13.4. The largest absolute Gasteiger partial charge is 0.477 e. The van der Waals surface area contributed by atoms with E-state index in [0.29, 0.717) is 11.4 Å². The van der Waals surface area contributed by atoms with Crippen LogP contribution in [0.25, 0.3) is 10.9 Å². The maximum atomic E-state index is 13.3. The number of nitrogens with zero attached hydrogens (tertiary/aromatic N) is 1. The second-order valence-electron chi connectivity index (χ2n) is 4.22. The molecule has 5 heteroatoms. The lowest BCUT2D eigenvalue weighted by Crippen LogP contribution is -1.95. The van der Waals surface area contributed by atoms with Gasteiger partial charge in [0.05, 0.1) is 12.1 Å². The Morgan fingerprint density at radius 3 is 2.84 bits per heavy atom. The molecule has 0 radical (unpaired) electrons. The van der Waals surface area contributed by atoms with Gasteiger partial charge in [-0.05, 0) is 41.8 Å². The summed E-state index contributed by atoms with van der Waals surface area (Å²) in [5.41, 5.74) is 0.810. The molecule has 0 fully saturated rings. The second-order valence-corrected chi connectivity index (χ2v) is 5.39. The van der Waals surface area contributed by atoms with Crippen LogP contribution >= 0.6 is 11.3 Å². The monoisotopic (exact) mass is 275 g/mol. The van der Waals surface area contributed by atoms with Crippen molar-refractivity contribution in [3.05, 3.63) is 58.2 Å². The topological polar surface area (TPSA) is 42.2 Å². The van der Waals surface area contributed by atoms with Crippen molar-refractivity contribution in [2.75, 3.05) is 0 Å². The van der Waals surface area contributed by atoms with Crippen molar-refractivity contribution >= 4 is 28.2 Å². The van der Waals surface area contributed by atoms with Crippen molar-refractivity contribution in [1.82, 2.24) is 4.57 Å². The van der Waals surface area contributed by atoms with Gasteiger partial charge in [0.2, 0.25) is 0 Å². The van der Waals surface area contributed by atoms with E-state index in [1.807, 2.05) is 16.8 Å². The van der Waals surface area contributed by atoms with Crippen LogP contribution in [0.4, 0.5) is 4.39 Å². The fourth-order valence-electron chi connectivity index (χ4n) is 2.04. The van der Waals surface area contributed by atoms with Gasteiger partial charge in [-0.25, -0.2) is 9.18 Å². The molecule has 0 aliphatic heterocycles. The smallest absolute Gasteiger partial charge is 0.345 e. The van der Waals surface area contributed by atoms with E-state index in [0.717, 1.165) is 15.8 Å². The summed E-state index contributed by atoms with van der Waals surface area (Å²) in [5.74, 6) is -1.19. The van der Waals surface area contributed by atoms with Gasteiger partial charge in [-0.3, -0.25) is 0 Å². The van der Waals surface area contributed by atoms with E-state index in [2.05, 4.69) is 0 Å².